The molecule has 1 heterocycles. The van der Waals surface area contributed by atoms with Crippen LogP contribution in [0.5, 0.6) is 0 Å². The predicted octanol–water partition coefficient (Wildman–Crippen LogP) is 2.98. The lowest BCUT2D eigenvalue weighted by molar-refractivity contribution is 0.0672. The Kier molecular flexibility index (Phi) is 7.24. The molecule has 1 aliphatic heterocycles. The second-order valence-electron chi connectivity index (χ2n) is 7.60. The van der Waals surface area contributed by atoms with Crippen molar-refractivity contribution < 1.29 is 13.2 Å². The van der Waals surface area contributed by atoms with Gasteiger partial charge in [-0.15, -0.1) is 0 Å². The van der Waals surface area contributed by atoms with Gasteiger partial charge < -0.3 is 9.80 Å². The summed E-state index contributed by atoms with van der Waals surface area (Å²) in [5.41, 5.74) is 1.33. The normalized spacial score (nSPS) is 16.3. The van der Waals surface area contributed by atoms with Crippen LogP contribution in [0.3, 0.4) is 0 Å². The van der Waals surface area contributed by atoms with Crippen molar-refractivity contribution in [2.45, 2.75) is 44.4 Å². The molecular weight excluding hydrogens is 348 g/mol. The Hall–Kier alpha value is -1.40. The Morgan fingerprint density at radius 1 is 1.27 bits per heavy atom. The lowest BCUT2D eigenvalue weighted by Crippen LogP contribution is -2.41. The van der Waals surface area contributed by atoms with Gasteiger partial charge in [0.25, 0.3) is 5.91 Å². The maximum absolute atomic E-state index is 12.9. The number of hydrogen-bond donors (Lipinski definition) is 0. The number of amides is 1. The van der Waals surface area contributed by atoms with Crippen molar-refractivity contribution in [3.63, 3.8) is 0 Å². The van der Waals surface area contributed by atoms with Gasteiger partial charge in [0, 0.05) is 31.5 Å². The summed E-state index contributed by atoms with van der Waals surface area (Å²) in [7, 11) is -1.14. The number of piperidine rings is 1. The maximum Gasteiger partial charge on any atom is 0.254 e. The highest BCUT2D eigenvalue weighted by atomic mass is 32.2. The number of sulfone groups is 1. The van der Waals surface area contributed by atoms with Crippen LogP contribution in [0.25, 0.3) is 0 Å². The first-order chi connectivity index (χ1) is 12.2. The number of likely N-dealkylation sites (tertiary alicyclic amines) is 1. The average Bonchev–Trinajstić information content (AvgIpc) is 2.59. The SMILES string of the molecule is CCCCN(C)CC1CCN(C(=O)c2cc(S(C)(=O)=O)ccc2C)CC1. The van der Waals surface area contributed by atoms with E-state index in [1.165, 1.54) is 25.2 Å². The van der Waals surface area contributed by atoms with Crippen molar-refractivity contribution in [2.75, 3.05) is 39.5 Å². The molecule has 1 amide bonds. The molecule has 26 heavy (non-hydrogen) atoms. The molecule has 1 aliphatic rings. The Morgan fingerprint density at radius 2 is 1.92 bits per heavy atom. The highest BCUT2D eigenvalue weighted by Crippen LogP contribution is 2.22. The van der Waals surface area contributed by atoms with Crippen LogP contribution in [0.15, 0.2) is 23.1 Å². The third-order valence-electron chi connectivity index (χ3n) is 5.23. The summed E-state index contributed by atoms with van der Waals surface area (Å²) in [6.07, 6.45) is 5.62. The summed E-state index contributed by atoms with van der Waals surface area (Å²) in [4.78, 5) is 17.4. The number of aryl methyl sites for hydroxylation is 1. The summed E-state index contributed by atoms with van der Waals surface area (Å²) in [5, 5.41) is 0. The van der Waals surface area contributed by atoms with Gasteiger partial charge in [-0.2, -0.15) is 0 Å². The molecule has 0 aromatic heterocycles. The molecule has 1 aromatic carbocycles. The van der Waals surface area contributed by atoms with Gasteiger partial charge in [0.05, 0.1) is 4.90 Å². The quantitative estimate of drug-likeness (QED) is 0.730. The summed E-state index contributed by atoms with van der Waals surface area (Å²) < 4.78 is 23.6. The van der Waals surface area contributed by atoms with Crippen LogP contribution in [0.4, 0.5) is 0 Å². The first-order valence-electron chi connectivity index (χ1n) is 9.51. The van der Waals surface area contributed by atoms with Crippen LogP contribution in [-0.4, -0.2) is 63.6 Å². The van der Waals surface area contributed by atoms with Gasteiger partial charge in [-0.3, -0.25) is 4.79 Å². The zero-order chi connectivity index (χ0) is 19.3. The van der Waals surface area contributed by atoms with E-state index in [1.807, 2.05) is 11.8 Å². The number of nitrogens with zero attached hydrogens (tertiary/aromatic N) is 2. The van der Waals surface area contributed by atoms with Crippen LogP contribution in [-0.2, 0) is 9.84 Å². The van der Waals surface area contributed by atoms with Crippen LogP contribution < -0.4 is 0 Å². The molecule has 0 atom stereocenters. The summed E-state index contributed by atoms with van der Waals surface area (Å²) in [5.74, 6) is 0.579. The van der Waals surface area contributed by atoms with E-state index in [-0.39, 0.29) is 10.8 Å². The number of carbonyl (C=O) groups is 1. The predicted molar refractivity (Wildman–Crippen MR) is 105 cm³/mol. The van der Waals surface area contributed by atoms with E-state index in [9.17, 15) is 13.2 Å². The molecule has 6 heteroatoms. The highest BCUT2D eigenvalue weighted by molar-refractivity contribution is 7.90. The molecule has 0 spiro atoms. The molecular formula is C20H32N2O3S. The number of benzene rings is 1. The zero-order valence-corrected chi connectivity index (χ0v) is 17.3. The second-order valence-corrected chi connectivity index (χ2v) is 9.62. The largest absolute Gasteiger partial charge is 0.339 e. The van der Waals surface area contributed by atoms with Gasteiger partial charge in [0.15, 0.2) is 9.84 Å². The molecule has 0 radical (unpaired) electrons. The van der Waals surface area contributed by atoms with Crippen molar-refractivity contribution in [1.29, 1.82) is 0 Å². The summed E-state index contributed by atoms with van der Waals surface area (Å²) in [6, 6.07) is 4.82. The van der Waals surface area contributed by atoms with E-state index in [4.69, 9.17) is 0 Å². The Balaban J connectivity index is 1.98. The zero-order valence-electron chi connectivity index (χ0n) is 16.5. The minimum atomic E-state index is -3.31. The molecule has 1 saturated heterocycles. The minimum Gasteiger partial charge on any atom is -0.339 e. The average molecular weight is 381 g/mol. The Morgan fingerprint density at radius 3 is 2.50 bits per heavy atom. The molecule has 146 valence electrons. The smallest absolute Gasteiger partial charge is 0.254 e. The minimum absolute atomic E-state index is 0.0502. The molecule has 0 bridgehead atoms. The van der Waals surface area contributed by atoms with Crippen LogP contribution in [0.2, 0.25) is 0 Å². The molecule has 5 nitrogen and oxygen atoms in total. The molecule has 0 saturated carbocycles. The maximum atomic E-state index is 12.9. The third kappa shape index (κ3) is 5.55. The van der Waals surface area contributed by atoms with Gasteiger partial charge in [0.1, 0.15) is 0 Å². The third-order valence-corrected chi connectivity index (χ3v) is 6.34. The number of unbranched alkanes of at least 4 members (excludes halogenated alkanes) is 1. The van der Waals surface area contributed by atoms with Crippen molar-refractivity contribution >= 4 is 15.7 Å². The van der Waals surface area contributed by atoms with Gasteiger partial charge in [0.2, 0.25) is 0 Å². The number of rotatable bonds is 7. The van der Waals surface area contributed by atoms with E-state index in [2.05, 4.69) is 18.9 Å². The number of carbonyl (C=O) groups excluding carboxylic acids is 1. The monoisotopic (exact) mass is 380 g/mol. The van der Waals surface area contributed by atoms with Crippen LogP contribution in [0.1, 0.15) is 48.5 Å². The second kappa shape index (κ2) is 9.00. The lowest BCUT2D eigenvalue weighted by Gasteiger charge is -2.34. The molecule has 0 N–H and O–H groups in total. The fraction of sp³-hybridized carbons (Fsp3) is 0.650. The van der Waals surface area contributed by atoms with E-state index in [0.29, 0.717) is 11.5 Å². The fourth-order valence-electron chi connectivity index (χ4n) is 3.51. The van der Waals surface area contributed by atoms with Crippen LogP contribution >= 0.6 is 0 Å². The fourth-order valence-corrected chi connectivity index (χ4v) is 4.16. The van der Waals surface area contributed by atoms with E-state index < -0.39 is 9.84 Å². The lowest BCUT2D eigenvalue weighted by atomic mass is 9.95. The molecule has 2 rings (SSSR count). The van der Waals surface area contributed by atoms with Gasteiger partial charge in [-0.25, -0.2) is 8.42 Å². The van der Waals surface area contributed by atoms with Crippen molar-refractivity contribution in [3.05, 3.63) is 29.3 Å². The summed E-state index contributed by atoms with van der Waals surface area (Å²) in [6.45, 7) is 7.77. The standard InChI is InChI=1S/C20H32N2O3S/c1-5-6-11-21(3)15-17-9-12-22(13-10-17)20(23)19-14-18(26(4,24)25)8-7-16(19)2/h7-8,14,17H,5-6,9-13,15H2,1-4H3. The Labute approximate surface area is 158 Å². The topological polar surface area (TPSA) is 57.7 Å². The number of hydrogen-bond acceptors (Lipinski definition) is 4. The molecule has 0 aliphatic carbocycles. The molecule has 0 unspecified atom stereocenters. The highest BCUT2D eigenvalue weighted by Gasteiger charge is 2.25. The van der Waals surface area contributed by atoms with E-state index >= 15 is 0 Å². The first kappa shape index (κ1) is 20.9. The van der Waals surface area contributed by atoms with Gasteiger partial charge >= 0.3 is 0 Å². The van der Waals surface area contributed by atoms with Gasteiger partial charge in [-0.05, 0) is 63.4 Å². The summed E-state index contributed by atoms with van der Waals surface area (Å²) >= 11 is 0. The van der Waals surface area contributed by atoms with Crippen molar-refractivity contribution in [3.8, 4) is 0 Å². The van der Waals surface area contributed by atoms with E-state index in [0.717, 1.165) is 44.6 Å². The van der Waals surface area contributed by atoms with Crippen molar-refractivity contribution in [1.82, 2.24) is 9.80 Å². The molecule has 1 fully saturated rings. The van der Waals surface area contributed by atoms with Gasteiger partial charge in [-0.1, -0.05) is 19.4 Å². The van der Waals surface area contributed by atoms with Crippen LogP contribution in [0, 0.1) is 12.8 Å². The Bertz CT molecular complexity index is 723. The molecule has 1 aromatic rings. The first-order valence-corrected chi connectivity index (χ1v) is 11.4. The van der Waals surface area contributed by atoms with Crippen molar-refractivity contribution in [2.24, 2.45) is 5.92 Å². The van der Waals surface area contributed by atoms with E-state index in [1.54, 1.807) is 12.1 Å².